The summed E-state index contributed by atoms with van der Waals surface area (Å²) in [6.07, 6.45) is 3.84. The van der Waals surface area contributed by atoms with E-state index in [0.29, 0.717) is 6.04 Å². The van der Waals surface area contributed by atoms with Gasteiger partial charge in [0.05, 0.1) is 10.7 Å². The predicted molar refractivity (Wildman–Crippen MR) is 90.2 cm³/mol. The summed E-state index contributed by atoms with van der Waals surface area (Å²) in [7, 11) is 2.21. The SMILES string of the molecule is CC1CN(C)CCCN1c1c(Cl)cccc1CNC1CC1. The first-order valence-corrected chi connectivity index (χ1v) is 8.49. The fraction of sp³-hybridized carbons (Fsp3) is 0.647. The summed E-state index contributed by atoms with van der Waals surface area (Å²) in [4.78, 5) is 4.93. The van der Waals surface area contributed by atoms with E-state index in [0.717, 1.165) is 30.7 Å². The smallest absolute Gasteiger partial charge is 0.0643 e. The minimum Gasteiger partial charge on any atom is -0.366 e. The Kier molecular flexibility index (Phi) is 4.72. The van der Waals surface area contributed by atoms with E-state index in [4.69, 9.17) is 11.6 Å². The van der Waals surface area contributed by atoms with Gasteiger partial charge in [-0.15, -0.1) is 0 Å². The second-order valence-corrected chi connectivity index (χ2v) is 6.97. The number of para-hydroxylation sites is 1. The van der Waals surface area contributed by atoms with E-state index in [1.165, 1.54) is 37.1 Å². The molecule has 116 valence electrons. The van der Waals surface area contributed by atoms with Crippen molar-refractivity contribution in [1.29, 1.82) is 0 Å². The molecule has 1 N–H and O–H groups in total. The van der Waals surface area contributed by atoms with Gasteiger partial charge in [0, 0.05) is 31.7 Å². The van der Waals surface area contributed by atoms with Crippen molar-refractivity contribution in [2.24, 2.45) is 0 Å². The molecule has 1 saturated heterocycles. The molecular weight excluding hydrogens is 282 g/mol. The summed E-state index contributed by atoms with van der Waals surface area (Å²) in [6.45, 7) is 6.59. The van der Waals surface area contributed by atoms with Gasteiger partial charge < -0.3 is 15.1 Å². The Morgan fingerprint density at radius 3 is 2.86 bits per heavy atom. The van der Waals surface area contributed by atoms with Gasteiger partial charge in [-0.3, -0.25) is 0 Å². The Hall–Kier alpha value is -0.770. The summed E-state index contributed by atoms with van der Waals surface area (Å²) in [5, 5.41) is 4.51. The molecule has 0 spiro atoms. The van der Waals surface area contributed by atoms with E-state index in [2.05, 4.69) is 41.2 Å². The van der Waals surface area contributed by atoms with Crippen LogP contribution >= 0.6 is 11.6 Å². The third-order valence-corrected chi connectivity index (χ3v) is 4.87. The highest BCUT2D eigenvalue weighted by Gasteiger charge is 2.25. The predicted octanol–water partition coefficient (Wildman–Crippen LogP) is 3.12. The normalized spacial score (nSPS) is 24.1. The van der Waals surface area contributed by atoms with Crippen LogP contribution in [0, 0.1) is 0 Å². The van der Waals surface area contributed by atoms with Crippen molar-refractivity contribution in [3.8, 4) is 0 Å². The van der Waals surface area contributed by atoms with E-state index in [-0.39, 0.29) is 0 Å². The fourth-order valence-corrected chi connectivity index (χ4v) is 3.57. The van der Waals surface area contributed by atoms with Crippen LogP contribution in [0.5, 0.6) is 0 Å². The zero-order valence-corrected chi connectivity index (χ0v) is 13.9. The van der Waals surface area contributed by atoms with Crippen molar-refractivity contribution >= 4 is 17.3 Å². The van der Waals surface area contributed by atoms with Gasteiger partial charge >= 0.3 is 0 Å². The number of benzene rings is 1. The van der Waals surface area contributed by atoms with Crippen molar-refractivity contribution in [2.75, 3.05) is 31.6 Å². The largest absolute Gasteiger partial charge is 0.366 e. The number of rotatable bonds is 4. The average molecular weight is 308 g/mol. The van der Waals surface area contributed by atoms with Gasteiger partial charge in [-0.1, -0.05) is 23.7 Å². The molecule has 3 rings (SSSR count). The molecule has 1 saturated carbocycles. The Labute approximate surface area is 133 Å². The maximum Gasteiger partial charge on any atom is 0.0643 e. The van der Waals surface area contributed by atoms with Gasteiger partial charge in [0.25, 0.3) is 0 Å². The molecule has 0 bridgehead atoms. The lowest BCUT2D eigenvalue weighted by Crippen LogP contribution is -2.39. The van der Waals surface area contributed by atoms with Crippen LogP contribution in [0.4, 0.5) is 5.69 Å². The lowest BCUT2D eigenvalue weighted by molar-refractivity contribution is 0.337. The highest BCUT2D eigenvalue weighted by atomic mass is 35.5. The number of hydrogen-bond donors (Lipinski definition) is 1. The van der Waals surface area contributed by atoms with E-state index in [1.54, 1.807) is 0 Å². The topological polar surface area (TPSA) is 18.5 Å². The van der Waals surface area contributed by atoms with Crippen LogP contribution in [-0.2, 0) is 6.54 Å². The van der Waals surface area contributed by atoms with Crippen LogP contribution in [0.25, 0.3) is 0 Å². The number of halogens is 1. The molecule has 0 aromatic heterocycles. The van der Waals surface area contributed by atoms with Gasteiger partial charge in [0.15, 0.2) is 0 Å². The Morgan fingerprint density at radius 2 is 2.10 bits per heavy atom. The van der Waals surface area contributed by atoms with Gasteiger partial charge in [-0.05, 0) is 51.4 Å². The van der Waals surface area contributed by atoms with Crippen LogP contribution in [0.15, 0.2) is 18.2 Å². The fourth-order valence-electron chi connectivity index (χ4n) is 3.27. The van der Waals surface area contributed by atoms with E-state index < -0.39 is 0 Å². The molecular formula is C17H26ClN3. The highest BCUT2D eigenvalue weighted by Crippen LogP contribution is 2.33. The standard InChI is InChI=1S/C17H26ClN3/c1-13-12-20(2)9-4-10-21(13)17-14(5-3-6-16(17)18)11-19-15-7-8-15/h3,5-6,13,15,19H,4,7-12H2,1-2H3. The highest BCUT2D eigenvalue weighted by molar-refractivity contribution is 6.33. The third-order valence-electron chi connectivity index (χ3n) is 4.56. The number of nitrogens with one attached hydrogen (secondary N) is 1. The van der Waals surface area contributed by atoms with E-state index in [1.807, 2.05) is 6.07 Å². The molecule has 4 heteroatoms. The Morgan fingerprint density at radius 1 is 1.29 bits per heavy atom. The molecule has 21 heavy (non-hydrogen) atoms. The molecule has 1 unspecified atom stereocenters. The molecule has 1 aliphatic heterocycles. The Bertz CT molecular complexity index is 487. The number of hydrogen-bond acceptors (Lipinski definition) is 3. The average Bonchev–Trinajstić information content (AvgIpc) is 3.26. The van der Waals surface area contributed by atoms with Crippen LogP contribution in [-0.4, -0.2) is 43.7 Å². The first-order valence-electron chi connectivity index (χ1n) is 8.11. The minimum absolute atomic E-state index is 0.497. The lowest BCUT2D eigenvalue weighted by Gasteiger charge is -2.32. The second kappa shape index (κ2) is 6.55. The molecule has 1 heterocycles. The maximum atomic E-state index is 6.57. The first kappa shape index (κ1) is 15.1. The van der Waals surface area contributed by atoms with Crippen LogP contribution in [0.1, 0.15) is 31.7 Å². The lowest BCUT2D eigenvalue weighted by atomic mass is 10.1. The maximum absolute atomic E-state index is 6.57. The van der Waals surface area contributed by atoms with Crippen molar-refractivity contribution < 1.29 is 0 Å². The first-order chi connectivity index (χ1) is 10.1. The molecule has 3 nitrogen and oxygen atoms in total. The molecule has 1 aliphatic carbocycles. The molecule has 1 atom stereocenters. The van der Waals surface area contributed by atoms with Crippen LogP contribution in [0.3, 0.4) is 0 Å². The summed E-state index contributed by atoms with van der Waals surface area (Å²) in [6, 6.07) is 7.54. The molecule has 2 aliphatic rings. The molecule has 0 radical (unpaired) electrons. The zero-order valence-electron chi connectivity index (χ0n) is 13.1. The van der Waals surface area contributed by atoms with Crippen molar-refractivity contribution in [3.05, 3.63) is 28.8 Å². The quantitative estimate of drug-likeness (QED) is 0.922. The van der Waals surface area contributed by atoms with Gasteiger partial charge in [0.2, 0.25) is 0 Å². The molecule has 1 aromatic rings. The molecule has 2 fully saturated rings. The Balaban J connectivity index is 1.84. The monoisotopic (exact) mass is 307 g/mol. The van der Waals surface area contributed by atoms with Gasteiger partial charge in [-0.25, -0.2) is 0 Å². The second-order valence-electron chi connectivity index (χ2n) is 6.56. The number of likely N-dealkylation sites (N-methyl/N-ethyl adjacent to an activating group) is 1. The van der Waals surface area contributed by atoms with Gasteiger partial charge in [-0.2, -0.15) is 0 Å². The van der Waals surface area contributed by atoms with E-state index in [9.17, 15) is 0 Å². The minimum atomic E-state index is 0.497. The van der Waals surface area contributed by atoms with Crippen LogP contribution < -0.4 is 10.2 Å². The molecule has 1 aromatic carbocycles. The van der Waals surface area contributed by atoms with Gasteiger partial charge in [0.1, 0.15) is 0 Å². The summed E-state index contributed by atoms with van der Waals surface area (Å²) in [5.41, 5.74) is 2.58. The molecule has 0 amide bonds. The third kappa shape index (κ3) is 3.71. The van der Waals surface area contributed by atoms with E-state index >= 15 is 0 Å². The number of nitrogens with zero attached hydrogens (tertiary/aromatic N) is 2. The summed E-state index contributed by atoms with van der Waals surface area (Å²) < 4.78 is 0. The summed E-state index contributed by atoms with van der Waals surface area (Å²) in [5.74, 6) is 0. The van der Waals surface area contributed by atoms with Crippen molar-refractivity contribution in [1.82, 2.24) is 10.2 Å². The van der Waals surface area contributed by atoms with Crippen molar-refractivity contribution in [2.45, 2.75) is 44.8 Å². The van der Waals surface area contributed by atoms with Crippen molar-refractivity contribution in [3.63, 3.8) is 0 Å². The zero-order chi connectivity index (χ0) is 14.8. The van der Waals surface area contributed by atoms with Crippen LogP contribution in [0.2, 0.25) is 5.02 Å². The summed E-state index contributed by atoms with van der Waals surface area (Å²) >= 11 is 6.57. The number of anilines is 1.